The number of nitrogens with zero attached hydrogens (tertiary/aromatic N) is 3. The molecule has 8 nitrogen and oxygen atoms in total. The zero-order chi connectivity index (χ0) is 14.8. The highest BCUT2D eigenvalue weighted by Gasteiger charge is 2.18. The molecular weight excluding hydrogens is 350 g/mol. The smallest absolute Gasteiger partial charge is 0.244 e. The van der Waals surface area contributed by atoms with Crippen molar-refractivity contribution in [1.29, 1.82) is 0 Å². The number of nitrogens with one attached hydrogen (secondary N) is 1. The van der Waals surface area contributed by atoms with Gasteiger partial charge in [-0.15, -0.1) is 0 Å². The summed E-state index contributed by atoms with van der Waals surface area (Å²) in [4.78, 5) is 7.69. The summed E-state index contributed by atoms with van der Waals surface area (Å²) >= 11 is 3.15. The van der Waals surface area contributed by atoms with E-state index < -0.39 is 10.0 Å². The van der Waals surface area contributed by atoms with Crippen LogP contribution in [-0.2, 0) is 16.4 Å². The third-order valence-electron chi connectivity index (χ3n) is 2.35. The van der Waals surface area contributed by atoms with Crippen molar-refractivity contribution in [1.82, 2.24) is 19.8 Å². The summed E-state index contributed by atoms with van der Waals surface area (Å²) in [5.74, 6) is 0.810. The molecule has 2 aromatic heterocycles. The van der Waals surface area contributed by atoms with Crippen LogP contribution in [0.2, 0.25) is 0 Å². The predicted octanol–water partition coefficient (Wildman–Crippen LogP) is 0.639. The molecule has 0 atom stereocenters. The molecule has 0 bridgehead atoms. The van der Waals surface area contributed by atoms with Crippen molar-refractivity contribution in [3.8, 4) is 0 Å². The van der Waals surface area contributed by atoms with Gasteiger partial charge in [-0.3, -0.25) is 0 Å². The predicted molar refractivity (Wildman–Crippen MR) is 74.3 cm³/mol. The maximum atomic E-state index is 12.1. The van der Waals surface area contributed by atoms with Gasteiger partial charge in [0.15, 0.2) is 5.82 Å². The van der Waals surface area contributed by atoms with Gasteiger partial charge in [-0.1, -0.05) is 5.16 Å². The Morgan fingerprint density at radius 1 is 1.50 bits per heavy atom. The van der Waals surface area contributed by atoms with Crippen molar-refractivity contribution >= 4 is 31.8 Å². The molecule has 10 heteroatoms. The van der Waals surface area contributed by atoms with Crippen LogP contribution in [0, 0.1) is 6.92 Å². The third-order valence-corrected chi connectivity index (χ3v) is 4.27. The Hall–Kier alpha value is -1.52. The lowest BCUT2D eigenvalue weighted by atomic mass is 10.4. The summed E-state index contributed by atoms with van der Waals surface area (Å²) < 4.78 is 31.9. The Labute approximate surface area is 124 Å². The molecule has 0 amide bonds. The van der Waals surface area contributed by atoms with Gasteiger partial charge >= 0.3 is 0 Å². The molecule has 0 aliphatic rings. The number of aromatic nitrogens is 3. The van der Waals surface area contributed by atoms with E-state index in [9.17, 15) is 8.42 Å². The van der Waals surface area contributed by atoms with E-state index >= 15 is 0 Å². The number of halogens is 1. The van der Waals surface area contributed by atoms with Crippen LogP contribution >= 0.6 is 15.9 Å². The first-order chi connectivity index (χ1) is 9.38. The molecule has 0 saturated heterocycles. The van der Waals surface area contributed by atoms with Crippen LogP contribution in [0.15, 0.2) is 26.2 Å². The van der Waals surface area contributed by atoms with Crippen LogP contribution in [0.1, 0.15) is 11.7 Å². The van der Waals surface area contributed by atoms with Crippen LogP contribution in [0.3, 0.4) is 0 Å². The molecule has 0 fully saturated rings. The van der Waals surface area contributed by atoms with E-state index in [0.29, 0.717) is 22.6 Å². The average molecular weight is 362 g/mol. The van der Waals surface area contributed by atoms with Gasteiger partial charge in [0.1, 0.15) is 10.7 Å². The number of hydrogen-bond donors (Lipinski definition) is 2. The molecule has 108 valence electrons. The van der Waals surface area contributed by atoms with E-state index in [-0.39, 0.29) is 17.3 Å². The van der Waals surface area contributed by atoms with Crippen molar-refractivity contribution < 1.29 is 12.9 Å². The summed E-state index contributed by atoms with van der Waals surface area (Å²) in [5.41, 5.74) is 5.57. The molecule has 2 heterocycles. The summed E-state index contributed by atoms with van der Waals surface area (Å²) in [6.45, 7) is 1.79. The van der Waals surface area contributed by atoms with Gasteiger partial charge < -0.3 is 10.3 Å². The number of rotatable bonds is 5. The van der Waals surface area contributed by atoms with E-state index in [1.54, 1.807) is 6.92 Å². The summed E-state index contributed by atoms with van der Waals surface area (Å²) in [6, 6.07) is 1.39. The van der Waals surface area contributed by atoms with Gasteiger partial charge in [-0.05, 0) is 22.0 Å². The Bertz CT molecular complexity index is 715. The maximum Gasteiger partial charge on any atom is 0.244 e. The molecule has 2 rings (SSSR count). The summed E-state index contributed by atoms with van der Waals surface area (Å²) in [7, 11) is -3.73. The Kier molecular flexibility index (Phi) is 4.35. The van der Waals surface area contributed by atoms with Gasteiger partial charge in [-0.25, -0.2) is 18.1 Å². The molecule has 0 aromatic carbocycles. The van der Waals surface area contributed by atoms with Crippen LogP contribution in [0.5, 0.6) is 0 Å². The zero-order valence-corrected chi connectivity index (χ0v) is 12.9. The van der Waals surface area contributed by atoms with E-state index in [4.69, 9.17) is 10.3 Å². The zero-order valence-electron chi connectivity index (χ0n) is 10.5. The topological polar surface area (TPSA) is 124 Å². The lowest BCUT2D eigenvalue weighted by molar-refractivity contribution is 0.387. The van der Waals surface area contributed by atoms with Crippen LogP contribution < -0.4 is 10.5 Å². The van der Waals surface area contributed by atoms with Crippen molar-refractivity contribution in [3.63, 3.8) is 0 Å². The number of anilines is 1. The van der Waals surface area contributed by atoms with Crippen molar-refractivity contribution in [3.05, 3.63) is 28.5 Å². The number of pyridine rings is 1. The first-order valence-corrected chi connectivity index (χ1v) is 7.86. The molecule has 2 aromatic rings. The van der Waals surface area contributed by atoms with Crippen LogP contribution in [0.4, 0.5) is 5.82 Å². The Balaban J connectivity index is 2.06. The molecule has 0 aliphatic carbocycles. The van der Waals surface area contributed by atoms with Gasteiger partial charge in [0.2, 0.25) is 15.9 Å². The monoisotopic (exact) mass is 361 g/mol. The van der Waals surface area contributed by atoms with Gasteiger partial charge in [0, 0.05) is 30.6 Å². The number of hydrogen-bond acceptors (Lipinski definition) is 7. The van der Waals surface area contributed by atoms with Crippen molar-refractivity contribution in [2.75, 3.05) is 12.3 Å². The van der Waals surface area contributed by atoms with Crippen LogP contribution in [-0.4, -0.2) is 30.1 Å². The Morgan fingerprint density at radius 3 is 2.90 bits per heavy atom. The first kappa shape index (κ1) is 14.9. The number of nitrogens with two attached hydrogens (primary N) is 1. The molecular formula is C10H12BrN5O3S. The molecule has 3 N–H and O–H groups in total. The third kappa shape index (κ3) is 3.52. The quantitative estimate of drug-likeness (QED) is 0.800. The molecule has 0 radical (unpaired) electrons. The number of sulfonamides is 1. The second kappa shape index (κ2) is 5.85. The van der Waals surface area contributed by atoms with E-state index in [1.165, 1.54) is 12.3 Å². The molecule has 0 aliphatic heterocycles. The molecule has 0 spiro atoms. The number of nitrogen functional groups attached to an aromatic ring is 1. The molecule has 20 heavy (non-hydrogen) atoms. The SMILES string of the molecule is Cc1nc(CCNS(=O)(=O)c2cc(Br)cnc2N)no1. The average Bonchev–Trinajstić information content (AvgIpc) is 2.78. The Morgan fingerprint density at radius 2 is 2.25 bits per heavy atom. The van der Waals surface area contributed by atoms with E-state index in [0.717, 1.165) is 0 Å². The standard InChI is InChI=1S/C10H12BrN5O3S/c1-6-15-9(16-19-6)2-3-14-20(17,18)8-4-7(11)5-13-10(8)12/h4-5,14H,2-3H2,1H3,(H2,12,13). The fraction of sp³-hybridized carbons (Fsp3) is 0.300. The fourth-order valence-corrected chi connectivity index (χ4v) is 3.08. The van der Waals surface area contributed by atoms with Crippen molar-refractivity contribution in [2.45, 2.75) is 18.2 Å². The highest BCUT2D eigenvalue weighted by atomic mass is 79.9. The van der Waals surface area contributed by atoms with Gasteiger partial charge in [-0.2, -0.15) is 4.98 Å². The summed E-state index contributed by atoms with van der Waals surface area (Å²) in [6.07, 6.45) is 1.74. The minimum absolute atomic E-state index is 0.0592. The lowest BCUT2D eigenvalue weighted by Crippen LogP contribution is -2.27. The summed E-state index contributed by atoms with van der Waals surface area (Å²) in [5, 5.41) is 3.67. The second-order valence-electron chi connectivity index (χ2n) is 3.91. The highest BCUT2D eigenvalue weighted by molar-refractivity contribution is 9.10. The number of aryl methyl sites for hydroxylation is 1. The largest absolute Gasteiger partial charge is 0.383 e. The molecule has 0 unspecified atom stereocenters. The highest BCUT2D eigenvalue weighted by Crippen LogP contribution is 2.20. The van der Waals surface area contributed by atoms with Crippen molar-refractivity contribution in [2.24, 2.45) is 0 Å². The lowest BCUT2D eigenvalue weighted by Gasteiger charge is -2.07. The van der Waals surface area contributed by atoms with E-state index in [1.807, 2.05) is 0 Å². The minimum atomic E-state index is -3.73. The maximum absolute atomic E-state index is 12.1. The van der Waals surface area contributed by atoms with Gasteiger partial charge in [0.25, 0.3) is 0 Å². The minimum Gasteiger partial charge on any atom is -0.383 e. The van der Waals surface area contributed by atoms with Gasteiger partial charge in [0.05, 0.1) is 0 Å². The second-order valence-corrected chi connectivity index (χ2v) is 6.57. The molecule has 0 saturated carbocycles. The first-order valence-electron chi connectivity index (χ1n) is 5.58. The fourth-order valence-electron chi connectivity index (χ4n) is 1.46. The van der Waals surface area contributed by atoms with E-state index in [2.05, 4.69) is 35.8 Å². The van der Waals surface area contributed by atoms with Crippen LogP contribution in [0.25, 0.3) is 0 Å². The normalized spacial score (nSPS) is 11.7.